The molecule has 25 heavy (non-hydrogen) atoms. The van der Waals surface area contributed by atoms with Crippen molar-refractivity contribution in [3.63, 3.8) is 0 Å². The minimum absolute atomic E-state index is 0.116. The number of pyridine rings is 1. The first-order valence-electron chi connectivity index (χ1n) is 8.53. The molecule has 8 nitrogen and oxygen atoms in total. The molecule has 1 unspecified atom stereocenters. The zero-order valence-corrected chi connectivity index (χ0v) is 14.9. The number of aromatic nitrogens is 1. The third-order valence-electron chi connectivity index (χ3n) is 4.42. The maximum absolute atomic E-state index is 12.3. The van der Waals surface area contributed by atoms with E-state index < -0.39 is 9.84 Å². The molecule has 1 atom stereocenters. The maximum atomic E-state index is 12.3. The van der Waals surface area contributed by atoms with Crippen molar-refractivity contribution in [1.82, 2.24) is 15.2 Å². The van der Waals surface area contributed by atoms with E-state index in [-0.39, 0.29) is 23.5 Å². The molecule has 1 aromatic heterocycles. The Morgan fingerprint density at radius 3 is 2.88 bits per heavy atom. The Balaban J connectivity index is 1.49. The van der Waals surface area contributed by atoms with Crippen molar-refractivity contribution >= 4 is 21.6 Å². The average molecular weight is 368 g/mol. The molecular weight excluding hydrogens is 344 g/mol. The molecule has 2 saturated heterocycles. The normalized spacial score (nSPS) is 23.3. The molecule has 0 saturated carbocycles. The van der Waals surface area contributed by atoms with E-state index in [1.165, 1.54) is 0 Å². The fourth-order valence-electron chi connectivity index (χ4n) is 3.02. The third kappa shape index (κ3) is 5.38. The monoisotopic (exact) mass is 368 g/mol. The predicted octanol–water partition coefficient (Wildman–Crippen LogP) is -0.257. The number of nitrogens with zero attached hydrogens (tertiary/aromatic N) is 2. The van der Waals surface area contributed by atoms with Gasteiger partial charge in [-0.15, -0.1) is 0 Å². The van der Waals surface area contributed by atoms with Gasteiger partial charge < -0.3 is 15.4 Å². The SMILES string of the molecule is O=C(NCCN1CCOCC1)c1ccnc(NC2CCS(=O)(=O)C2)c1. The average Bonchev–Trinajstić information content (AvgIpc) is 2.94. The Morgan fingerprint density at radius 1 is 1.36 bits per heavy atom. The third-order valence-corrected chi connectivity index (χ3v) is 6.19. The van der Waals surface area contributed by atoms with Crippen LogP contribution in [0, 0.1) is 0 Å². The minimum atomic E-state index is -2.95. The Kier molecular flexibility index (Phi) is 5.87. The van der Waals surface area contributed by atoms with Crippen LogP contribution in [0.2, 0.25) is 0 Å². The van der Waals surface area contributed by atoms with Crippen molar-refractivity contribution in [3.05, 3.63) is 23.9 Å². The van der Waals surface area contributed by atoms with Crippen LogP contribution in [-0.2, 0) is 14.6 Å². The van der Waals surface area contributed by atoms with Gasteiger partial charge in [0.1, 0.15) is 5.82 Å². The molecule has 0 spiro atoms. The van der Waals surface area contributed by atoms with Gasteiger partial charge in [0.2, 0.25) is 0 Å². The van der Waals surface area contributed by atoms with E-state index in [0.29, 0.717) is 24.3 Å². The summed E-state index contributed by atoms with van der Waals surface area (Å²) in [7, 11) is -2.95. The summed E-state index contributed by atoms with van der Waals surface area (Å²) in [4.78, 5) is 18.7. The van der Waals surface area contributed by atoms with Crippen molar-refractivity contribution in [2.75, 3.05) is 56.2 Å². The van der Waals surface area contributed by atoms with E-state index in [1.54, 1.807) is 18.3 Å². The van der Waals surface area contributed by atoms with Crippen LogP contribution in [0.4, 0.5) is 5.82 Å². The number of anilines is 1. The fraction of sp³-hybridized carbons (Fsp3) is 0.625. The Morgan fingerprint density at radius 2 is 2.16 bits per heavy atom. The summed E-state index contributed by atoms with van der Waals surface area (Å²) in [6.07, 6.45) is 2.13. The molecule has 9 heteroatoms. The Labute approximate surface area is 147 Å². The summed E-state index contributed by atoms with van der Waals surface area (Å²) in [6, 6.07) is 3.17. The second-order valence-electron chi connectivity index (χ2n) is 6.38. The lowest BCUT2D eigenvalue weighted by Gasteiger charge is -2.26. The van der Waals surface area contributed by atoms with E-state index >= 15 is 0 Å². The molecular formula is C16H24N4O4S. The zero-order valence-electron chi connectivity index (χ0n) is 14.1. The lowest BCUT2D eigenvalue weighted by atomic mass is 10.2. The molecule has 0 bridgehead atoms. The summed E-state index contributed by atoms with van der Waals surface area (Å²) >= 11 is 0. The molecule has 2 aliphatic heterocycles. The summed E-state index contributed by atoms with van der Waals surface area (Å²) in [5.41, 5.74) is 0.514. The summed E-state index contributed by atoms with van der Waals surface area (Å²) in [5.74, 6) is 0.692. The van der Waals surface area contributed by atoms with Crippen LogP contribution in [0.1, 0.15) is 16.8 Å². The molecule has 0 aromatic carbocycles. The highest BCUT2D eigenvalue weighted by Gasteiger charge is 2.28. The number of carbonyl (C=O) groups is 1. The number of amides is 1. The van der Waals surface area contributed by atoms with Crippen LogP contribution in [0.5, 0.6) is 0 Å². The van der Waals surface area contributed by atoms with Crippen LogP contribution in [0.25, 0.3) is 0 Å². The number of ether oxygens (including phenoxy) is 1. The van der Waals surface area contributed by atoms with Gasteiger partial charge in [0.25, 0.3) is 5.91 Å². The standard InChI is InChI=1S/C16H24N4O4S/c21-16(18-4-5-20-6-8-24-9-7-20)13-1-3-17-15(11-13)19-14-2-10-25(22,23)12-14/h1,3,11,14H,2,4-10,12H2,(H,17,19)(H,18,21). The van der Waals surface area contributed by atoms with E-state index in [9.17, 15) is 13.2 Å². The number of nitrogens with one attached hydrogen (secondary N) is 2. The number of hydrogen-bond donors (Lipinski definition) is 2. The quantitative estimate of drug-likeness (QED) is 0.714. The number of morpholine rings is 1. The highest BCUT2D eigenvalue weighted by molar-refractivity contribution is 7.91. The smallest absolute Gasteiger partial charge is 0.251 e. The summed E-state index contributed by atoms with van der Waals surface area (Å²) in [6.45, 7) is 4.64. The molecule has 0 aliphatic carbocycles. The Hall–Kier alpha value is -1.71. The van der Waals surface area contributed by atoms with Gasteiger partial charge in [-0.3, -0.25) is 9.69 Å². The second-order valence-corrected chi connectivity index (χ2v) is 8.61. The Bertz CT molecular complexity index is 704. The maximum Gasteiger partial charge on any atom is 0.251 e. The van der Waals surface area contributed by atoms with Crippen molar-refractivity contribution in [1.29, 1.82) is 0 Å². The van der Waals surface area contributed by atoms with Crippen molar-refractivity contribution in [2.45, 2.75) is 12.5 Å². The molecule has 2 N–H and O–H groups in total. The highest BCUT2D eigenvalue weighted by Crippen LogP contribution is 2.16. The van der Waals surface area contributed by atoms with Crippen molar-refractivity contribution in [3.8, 4) is 0 Å². The van der Waals surface area contributed by atoms with E-state index in [2.05, 4.69) is 20.5 Å². The number of sulfone groups is 1. The second kappa shape index (κ2) is 8.11. The van der Waals surface area contributed by atoms with Crippen LogP contribution in [0.15, 0.2) is 18.3 Å². The van der Waals surface area contributed by atoms with Gasteiger partial charge in [0.05, 0.1) is 24.7 Å². The van der Waals surface area contributed by atoms with E-state index in [4.69, 9.17) is 4.74 Å². The zero-order chi connectivity index (χ0) is 17.7. The molecule has 2 aliphatic rings. The molecule has 1 aromatic rings. The number of hydrogen-bond acceptors (Lipinski definition) is 7. The first kappa shape index (κ1) is 18.1. The van der Waals surface area contributed by atoms with Crippen molar-refractivity contribution < 1.29 is 17.9 Å². The van der Waals surface area contributed by atoms with Gasteiger partial charge in [0.15, 0.2) is 9.84 Å². The molecule has 2 fully saturated rings. The number of carbonyl (C=O) groups excluding carboxylic acids is 1. The van der Waals surface area contributed by atoms with Gasteiger partial charge in [-0.05, 0) is 18.6 Å². The first-order chi connectivity index (χ1) is 12.0. The first-order valence-corrected chi connectivity index (χ1v) is 10.4. The van der Waals surface area contributed by atoms with Crippen LogP contribution in [0.3, 0.4) is 0 Å². The van der Waals surface area contributed by atoms with Gasteiger partial charge >= 0.3 is 0 Å². The molecule has 138 valence electrons. The highest BCUT2D eigenvalue weighted by atomic mass is 32.2. The predicted molar refractivity (Wildman–Crippen MR) is 94.5 cm³/mol. The van der Waals surface area contributed by atoms with Crippen LogP contribution < -0.4 is 10.6 Å². The molecule has 0 radical (unpaired) electrons. The summed E-state index contributed by atoms with van der Waals surface area (Å²) < 4.78 is 28.3. The van der Waals surface area contributed by atoms with E-state index in [1.807, 2.05) is 0 Å². The van der Waals surface area contributed by atoms with Crippen LogP contribution in [-0.4, -0.2) is 81.1 Å². The van der Waals surface area contributed by atoms with E-state index in [0.717, 1.165) is 32.8 Å². The van der Waals surface area contributed by atoms with Gasteiger partial charge in [-0.25, -0.2) is 13.4 Å². The van der Waals surface area contributed by atoms with Gasteiger partial charge in [-0.2, -0.15) is 0 Å². The fourth-order valence-corrected chi connectivity index (χ4v) is 4.70. The summed E-state index contributed by atoms with van der Waals surface area (Å²) in [5, 5.41) is 6.01. The van der Waals surface area contributed by atoms with Crippen molar-refractivity contribution in [2.24, 2.45) is 0 Å². The largest absolute Gasteiger partial charge is 0.379 e. The van der Waals surface area contributed by atoms with Crippen LogP contribution >= 0.6 is 0 Å². The number of rotatable bonds is 6. The lowest BCUT2D eigenvalue weighted by Crippen LogP contribution is -2.41. The lowest BCUT2D eigenvalue weighted by molar-refractivity contribution is 0.0383. The molecule has 1 amide bonds. The topological polar surface area (TPSA) is 101 Å². The molecule has 3 rings (SSSR count). The van der Waals surface area contributed by atoms with Gasteiger partial charge in [-0.1, -0.05) is 0 Å². The minimum Gasteiger partial charge on any atom is -0.379 e. The molecule has 3 heterocycles. The van der Waals surface area contributed by atoms with Gasteiger partial charge in [0, 0.05) is 44.0 Å².